The Kier molecular flexibility index (Phi) is 7.01. The van der Waals surface area contributed by atoms with Gasteiger partial charge in [-0.05, 0) is 31.7 Å². The van der Waals surface area contributed by atoms with E-state index in [2.05, 4.69) is 22.3 Å². The van der Waals surface area contributed by atoms with Gasteiger partial charge in [0.15, 0.2) is 0 Å². The Hall–Kier alpha value is -2.63. The average molecular weight is 329 g/mol. The zero-order valence-corrected chi connectivity index (χ0v) is 13.8. The van der Waals surface area contributed by atoms with Gasteiger partial charge in [-0.3, -0.25) is 4.79 Å². The van der Waals surface area contributed by atoms with Crippen molar-refractivity contribution in [3.63, 3.8) is 0 Å². The summed E-state index contributed by atoms with van der Waals surface area (Å²) in [5.74, 6) is -0.780. The van der Waals surface area contributed by atoms with Gasteiger partial charge in [-0.1, -0.05) is 35.5 Å². The maximum atomic E-state index is 10.5. The number of hydrogen-bond acceptors (Lipinski definition) is 4. The lowest BCUT2D eigenvalue weighted by atomic mass is 10.0. The Morgan fingerprint density at radius 3 is 2.79 bits per heavy atom. The van der Waals surface area contributed by atoms with Crippen molar-refractivity contribution in [3.8, 4) is 0 Å². The van der Waals surface area contributed by atoms with Crippen LogP contribution in [0, 0.1) is 0 Å². The van der Waals surface area contributed by atoms with Gasteiger partial charge in [-0.25, -0.2) is 4.98 Å². The molecule has 1 aromatic heterocycles. The maximum Gasteiger partial charge on any atom is 0.303 e. The van der Waals surface area contributed by atoms with Crippen molar-refractivity contribution in [2.75, 3.05) is 6.61 Å². The van der Waals surface area contributed by atoms with Crippen LogP contribution in [0.2, 0.25) is 0 Å². The van der Waals surface area contributed by atoms with Crippen molar-refractivity contribution in [1.29, 1.82) is 0 Å². The van der Waals surface area contributed by atoms with E-state index in [9.17, 15) is 4.79 Å². The SMILES string of the molecule is C/C(=N\OCCCCC(=O)O)C(Cc1ccccc1)n1ccnc1. The molecule has 1 atom stereocenters. The summed E-state index contributed by atoms with van der Waals surface area (Å²) in [6, 6.07) is 10.2. The number of aliphatic carboxylic acids is 1. The third kappa shape index (κ3) is 5.87. The summed E-state index contributed by atoms with van der Waals surface area (Å²) in [5.41, 5.74) is 2.07. The van der Waals surface area contributed by atoms with Crippen LogP contribution in [0.4, 0.5) is 0 Å². The molecule has 0 spiro atoms. The molecule has 0 aliphatic carbocycles. The van der Waals surface area contributed by atoms with E-state index in [-0.39, 0.29) is 12.5 Å². The number of benzene rings is 1. The van der Waals surface area contributed by atoms with Crippen LogP contribution in [-0.4, -0.2) is 32.9 Å². The molecule has 0 amide bonds. The molecule has 0 aliphatic heterocycles. The molecule has 2 aromatic rings. The van der Waals surface area contributed by atoms with Gasteiger partial charge in [0.25, 0.3) is 0 Å². The van der Waals surface area contributed by atoms with E-state index in [4.69, 9.17) is 9.94 Å². The van der Waals surface area contributed by atoms with Gasteiger partial charge in [-0.15, -0.1) is 0 Å². The minimum atomic E-state index is -0.780. The summed E-state index contributed by atoms with van der Waals surface area (Å²) in [6.45, 7) is 2.36. The van der Waals surface area contributed by atoms with Crippen LogP contribution in [0.15, 0.2) is 54.2 Å². The average Bonchev–Trinajstić information content (AvgIpc) is 3.10. The third-order valence-corrected chi connectivity index (χ3v) is 3.72. The number of unbranched alkanes of at least 4 members (excludes halogenated alkanes) is 1. The molecule has 24 heavy (non-hydrogen) atoms. The summed E-state index contributed by atoms with van der Waals surface area (Å²) in [6.07, 6.45) is 7.68. The number of nitrogens with zero attached hydrogens (tertiary/aromatic N) is 3. The Morgan fingerprint density at radius 1 is 1.33 bits per heavy atom. The van der Waals surface area contributed by atoms with Crippen LogP contribution >= 0.6 is 0 Å². The van der Waals surface area contributed by atoms with Crippen molar-refractivity contribution in [3.05, 3.63) is 54.6 Å². The molecule has 0 saturated heterocycles. The van der Waals surface area contributed by atoms with E-state index < -0.39 is 5.97 Å². The van der Waals surface area contributed by atoms with Gasteiger partial charge >= 0.3 is 5.97 Å². The number of carbonyl (C=O) groups is 1. The maximum absolute atomic E-state index is 10.5. The monoisotopic (exact) mass is 329 g/mol. The summed E-state index contributed by atoms with van der Waals surface area (Å²) < 4.78 is 2.01. The highest BCUT2D eigenvalue weighted by Crippen LogP contribution is 2.16. The zero-order valence-electron chi connectivity index (χ0n) is 13.8. The Balaban J connectivity index is 1.93. The van der Waals surface area contributed by atoms with Crippen LogP contribution in [-0.2, 0) is 16.1 Å². The van der Waals surface area contributed by atoms with Crippen LogP contribution in [0.3, 0.4) is 0 Å². The largest absolute Gasteiger partial charge is 0.481 e. The van der Waals surface area contributed by atoms with Crippen LogP contribution in [0.5, 0.6) is 0 Å². The molecule has 2 rings (SSSR count). The lowest BCUT2D eigenvalue weighted by Crippen LogP contribution is -2.19. The predicted octanol–water partition coefficient (Wildman–Crippen LogP) is 3.31. The molecule has 1 heterocycles. The van der Waals surface area contributed by atoms with E-state index in [1.54, 1.807) is 12.5 Å². The molecule has 6 heteroatoms. The molecule has 0 radical (unpaired) electrons. The molecule has 128 valence electrons. The first-order valence-corrected chi connectivity index (χ1v) is 8.06. The van der Waals surface area contributed by atoms with Gasteiger partial charge < -0.3 is 14.5 Å². The van der Waals surface area contributed by atoms with Crippen molar-refractivity contribution in [1.82, 2.24) is 9.55 Å². The molecule has 1 N–H and O–H groups in total. The summed E-state index contributed by atoms with van der Waals surface area (Å²) in [7, 11) is 0. The van der Waals surface area contributed by atoms with Gasteiger partial charge in [0.1, 0.15) is 6.61 Å². The number of carboxylic acid groups (broad SMARTS) is 1. The summed E-state index contributed by atoms with van der Waals surface area (Å²) >= 11 is 0. The predicted molar refractivity (Wildman–Crippen MR) is 92.0 cm³/mol. The highest BCUT2D eigenvalue weighted by Gasteiger charge is 2.15. The smallest absolute Gasteiger partial charge is 0.303 e. The number of aromatic nitrogens is 2. The Bertz CT molecular complexity index is 639. The molecule has 6 nitrogen and oxygen atoms in total. The lowest BCUT2D eigenvalue weighted by Gasteiger charge is -2.18. The lowest BCUT2D eigenvalue weighted by molar-refractivity contribution is -0.137. The third-order valence-electron chi connectivity index (χ3n) is 3.72. The second-order valence-electron chi connectivity index (χ2n) is 5.63. The number of rotatable bonds is 10. The molecular formula is C18H23N3O3. The topological polar surface area (TPSA) is 76.7 Å². The fourth-order valence-electron chi connectivity index (χ4n) is 2.41. The molecule has 1 aromatic carbocycles. The normalized spacial score (nSPS) is 12.8. The fraction of sp³-hybridized carbons (Fsp3) is 0.389. The Labute approximate surface area is 141 Å². The fourth-order valence-corrected chi connectivity index (χ4v) is 2.41. The van der Waals surface area contributed by atoms with Crippen molar-refractivity contribution in [2.45, 2.75) is 38.6 Å². The number of hydrogen-bond donors (Lipinski definition) is 1. The standard InChI is InChI=1S/C18H23N3O3/c1-15(20-24-12-6-5-9-18(22)23)17(21-11-10-19-14-21)13-16-7-3-2-4-8-16/h2-4,7-8,10-11,14,17H,5-6,9,12-13H2,1H3,(H,22,23)/b20-15+. The number of carboxylic acids is 1. The van der Waals surface area contributed by atoms with E-state index >= 15 is 0 Å². The van der Waals surface area contributed by atoms with E-state index in [1.165, 1.54) is 5.56 Å². The van der Waals surface area contributed by atoms with Crippen molar-refractivity contribution in [2.24, 2.45) is 5.16 Å². The highest BCUT2D eigenvalue weighted by atomic mass is 16.6. The first kappa shape index (κ1) is 17.7. The molecular weight excluding hydrogens is 306 g/mol. The van der Waals surface area contributed by atoms with Gasteiger partial charge in [-0.2, -0.15) is 0 Å². The van der Waals surface area contributed by atoms with Gasteiger partial charge in [0.2, 0.25) is 0 Å². The second-order valence-corrected chi connectivity index (χ2v) is 5.63. The number of oxime groups is 1. The second kappa shape index (κ2) is 9.50. The minimum absolute atomic E-state index is 0.0360. The van der Waals surface area contributed by atoms with E-state index in [0.29, 0.717) is 19.4 Å². The first-order valence-electron chi connectivity index (χ1n) is 8.06. The Morgan fingerprint density at radius 2 is 2.12 bits per heavy atom. The van der Waals surface area contributed by atoms with Crippen LogP contribution in [0.1, 0.15) is 37.8 Å². The van der Waals surface area contributed by atoms with Gasteiger partial charge in [0, 0.05) is 18.8 Å². The van der Waals surface area contributed by atoms with Crippen LogP contribution in [0.25, 0.3) is 0 Å². The van der Waals surface area contributed by atoms with Crippen LogP contribution < -0.4 is 0 Å². The van der Waals surface area contributed by atoms with Crippen molar-refractivity contribution >= 4 is 11.7 Å². The van der Waals surface area contributed by atoms with E-state index in [0.717, 1.165) is 12.1 Å². The van der Waals surface area contributed by atoms with Crippen molar-refractivity contribution < 1.29 is 14.7 Å². The summed E-state index contributed by atoms with van der Waals surface area (Å²) in [5, 5.41) is 12.8. The summed E-state index contributed by atoms with van der Waals surface area (Å²) in [4.78, 5) is 19.9. The van der Waals surface area contributed by atoms with E-state index in [1.807, 2.05) is 35.9 Å². The molecule has 0 bridgehead atoms. The molecule has 1 unspecified atom stereocenters. The minimum Gasteiger partial charge on any atom is -0.481 e. The number of imidazole rings is 1. The first-order chi connectivity index (χ1) is 11.7. The molecule has 0 fully saturated rings. The quantitative estimate of drug-likeness (QED) is 0.412. The highest BCUT2D eigenvalue weighted by molar-refractivity contribution is 5.85. The zero-order chi connectivity index (χ0) is 17.2. The van der Waals surface area contributed by atoms with Gasteiger partial charge in [0.05, 0.1) is 18.1 Å². The molecule has 0 saturated carbocycles. The molecule has 0 aliphatic rings.